The van der Waals surface area contributed by atoms with Gasteiger partial charge in [-0.05, 0) is 32.4 Å². The van der Waals surface area contributed by atoms with E-state index in [0.717, 1.165) is 44.2 Å². The average molecular weight is 651 g/mol. The second-order valence-corrected chi connectivity index (χ2v) is 12.4. The van der Waals surface area contributed by atoms with Gasteiger partial charge in [0.2, 0.25) is 5.12 Å². The molecule has 0 bridgehead atoms. The Kier molecular flexibility index (Phi) is 12.0. The summed E-state index contributed by atoms with van der Waals surface area (Å²) in [5, 5.41) is 2.83. The maximum absolute atomic E-state index is 14.0. The van der Waals surface area contributed by atoms with Crippen LogP contribution in [0.25, 0.3) is 10.9 Å². The van der Waals surface area contributed by atoms with E-state index in [4.69, 9.17) is 28.4 Å². The number of thioether (sulfide) groups is 1. The highest BCUT2D eigenvalue weighted by Gasteiger charge is 2.53. The lowest BCUT2D eigenvalue weighted by Crippen LogP contribution is -2.62. The van der Waals surface area contributed by atoms with Crippen molar-refractivity contribution < 1.29 is 57.2 Å². The first kappa shape index (κ1) is 35.4. The minimum atomic E-state index is -1.45. The molecule has 0 spiro atoms. The van der Waals surface area contributed by atoms with Gasteiger partial charge in [0, 0.05) is 51.2 Å². The Morgan fingerprint density at radius 2 is 1.49 bits per heavy atom. The molecule has 1 amide bonds. The van der Waals surface area contributed by atoms with Crippen LogP contribution in [0, 0.1) is 0 Å². The molecule has 1 saturated heterocycles. The Labute approximate surface area is 264 Å². The summed E-state index contributed by atoms with van der Waals surface area (Å²) in [6.45, 7) is 9.04. The zero-order valence-corrected chi connectivity index (χ0v) is 26.9. The summed E-state index contributed by atoms with van der Waals surface area (Å²) in [6, 6.07) is 6.25. The van der Waals surface area contributed by atoms with Gasteiger partial charge in [-0.15, -0.1) is 0 Å². The first-order chi connectivity index (χ1) is 21.0. The van der Waals surface area contributed by atoms with Gasteiger partial charge in [0.05, 0.1) is 0 Å². The molecular weight excluding hydrogens is 612 g/mol. The minimum absolute atomic E-state index is 0.0420. The van der Waals surface area contributed by atoms with Crippen LogP contribution in [0.1, 0.15) is 54.0 Å². The zero-order valence-electron chi connectivity index (χ0n) is 26.1. The normalized spacial score (nSPS) is 22.1. The van der Waals surface area contributed by atoms with E-state index in [1.807, 2.05) is 24.3 Å². The fourth-order valence-electron chi connectivity index (χ4n) is 4.64. The van der Waals surface area contributed by atoms with E-state index in [2.05, 4.69) is 10.3 Å². The number of benzene rings is 1. The topological polar surface area (TPSA) is 186 Å². The van der Waals surface area contributed by atoms with Crippen LogP contribution in [0.15, 0.2) is 30.5 Å². The van der Waals surface area contributed by atoms with Gasteiger partial charge in [0.15, 0.2) is 23.7 Å². The summed E-state index contributed by atoms with van der Waals surface area (Å²) in [5.74, 6) is -3.06. The number of aromatic nitrogens is 1. The predicted molar refractivity (Wildman–Crippen MR) is 160 cm³/mol. The third-order valence-corrected chi connectivity index (χ3v) is 7.38. The van der Waals surface area contributed by atoms with E-state index in [1.165, 1.54) is 0 Å². The number of rotatable bonds is 10. The number of carbonyl (C=O) groups is 6. The van der Waals surface area contributed by atoms with Gasteiger partial charge in [-0.2, -0.15) is 0 Å². The molecule has 0 aliphatic carbocycles. The van der Waals surface area contributed by atoms with Gasteiger partial charge >= 0.3 is 30.0 Å². The first-order valence-corrected chi connectivity index (χ1v) is 15.0. The van der Waals surface area contributed by atoms with Gasteiger partial charge in [0.25, 0.3) is 0 Å². The highest BCUT2D eigenvalue weighted by molar-refractivity contribution is 8.14. The van der Waals surface area contributed by atoms with E-state index in [9.17, 15) is 28.8 Å². The minimum Gasteiger partial charge on any atom is -0.463 e. The molecule has 1 fully saturated rings. The SMILES string of the molecule is CC(=O)OC[C@H]1O[C@@H](SC(=O)[C@H](Cc2c[nH]c3ccccc23)NC(=O)OC(C)(C)C)[C@H](OC(C)=O)[C@@H](OC(C)=O)[C@@H]1OC(C)=O. The first-order valence-electron chi connectivity index (χ1n) is 14.1. The van der Waals surface area contributed by atoms with Crippen molar-refractivity contribution in [3.05, 3.63) is 36.0 Å². The highest BCUT2D eigenvalue weighted by atomic mass is 32.2. The molecule has 0 radical (unpaired) electrons. The molecule has 45 heavy (non-hydrogen) atoms. The van der Waals surface area contributed by atoms with Crippen LogP contribution in [0.4, 0.5) is 4.79 Å². The summed E-state index contributed by atoms with van der Waals surface area (Å²) in [7, 11) is 0. The third kappa shape index (κ3) is 10.5. The number of hydrogen-bond acceptors (Lipinski definition) is 13. The number of carbonyl (C=O) groups excluding carboxylic acids is 6. The molecule has 1 aliphatic rings. The van der Waals surface area contributed by atoms with Gasteiger partial charge in [0.1, 0.15) is 24.4 Å². The highest BCUT2D eigenvalue weighted by Crippen LogP contribution is 2.35. The van der Waals surface area contributed by atoms with Crippen LogP contribution in [0.3, 0.4) is 0 Å². The Bertz CT molecular complexity index is 1420. The lowest BCUT2D eigenvalue weighted by molar-refractivity contribution is -0.237. The Hall–Kier alpha value is -4.11. The number of fused-ring (bicyclic) bond motifs is 1. The maximum atomic E-state index is 14.0. The lowest BCUT2D eigenvalue weighted by atomic mass is 9.99. The smallest absolute Gasteiger partial charge is 0.408 e. The van der Waals surface area contributed by atoms with Crippen molar-refractivity contribution in [2.24, 2.45) is 0 Å². The fraction of sp³-hybridized carbons (Fsp3) is 0.533. The van der Waals surface area contributed by atoms with Gasteiger partial charge < -0.3 is 38.7 Å². The second-order valence-electron chi connectivity index (χ2n) is 11.3. The molecule has 15 heteroatoms. The largest absolute Gasteiger partial charge is 0.463 e. The van der Waals surface area contributed by atoms with Crippen LogP contribution >= 0.6 is 11.8 Å². The Morgan fingerprint density at radius 1 is 0.889 bits per heavy atom. The number of H-pyrrole nitrogens is 1. The van der Waals surface area contributed by atoms with Crippen molar-refractivity contribution in [3.63, 3.8) is 0 Å². The van der Waals surface area contributed by atoms with Crippen molar-refractivity contribution in [1.29, 1.82) is 0 Å². The Balaban J connectivity index is 1.99. The molecule has 2 aromatic rings. The van der Waals surface area contributed by atoms with Crippen molar-refractivity contribution in [2.75, 3.05) is 6.61 Å². The molecule has 14 nitrogen and oxygen atoms in total. The summed E-state index contributed by atoms with van der Waals surface area (Å²) < 4.78 is 32.8. The van der Waals surface area contributed by atoms with Crippen molar-refractivity contribution in [3.8, 4) is 0 Å². The summed E-state index contributed by atoms with van der Waals surface area (Å²) >= 11 is 0.565. The number of ether oxygens (including phenoxy) is 6. The second kappa shape index (κ2) is 15.3. The van der Waals surface area contributed by atoms with E-state index < -0.39 is 83.2 Å². The van der Waals surface area contributed by atoms with Crippen molar-refractivity contribution >= 4 is 57.8 Å². The molecule has 0 saturated carbocycles. The maximum Gasteiger partial charge on any atom is 0.408 e. The quantitative estimate of drug-likeness (QED) is 0.283. The standard InChI is InChI=1S/C30H38N2O12S/c1-15(33)39-14-23-24(40-16(2)34)25(41-17(3)35)26(42-18(4)36)28(43-23)45-27(37)22(32-29(38)44-30(5,6)7)12-19-13-31-21-11-9-8-10-20(19)21/h8-11,13,22-26,28,31H,12,14H2,1-7H3,(H,32,38)/t22-,23+,24+,25-,26+,28-/m0/s1. The fourth-order valence-corrected chi connectivity index (χ4v) is 5.72. The number of nitrogens with one attached hydrogen (secondary N) is 2. The molecule has 246 valence electrons. The van der Waals surface area contributed by atoms with E-state index in [1.54, 1.807) is 27.0 Å². The van der Waals surface area contributed by atoms with Crippen LogP contribution in [0.5, 0.6) is 0 Å². The number of alkyl carbamates (subject to hydrolysis) is 1. The number of para-hydroxylation sites is 1. The summed E-state index contributed by atoms with van der Waals surface area (Å²) in [6.07, 6.45) is -4.58. The van der Waals surface area contributed by atoms with Crippen LogP contribution in [0.2, 0.25) is 0 Å². The molecule has 2 N–H and O–H groups in total. The number of hydrogen-bond donors (Lipinski definition) is 2. The molecular formula is C30H38N2O12S. The van der Waals surface area contributed by atoms with Crippen molar-refractivity contribution in [1.82, 2.24) is 10.3 Å². The molecule has 3 rings (SSSR count). The molecule has 1 aromatic heterocycles. The van der Waals surface area contributed by atoms with E-state index >= 15 is 0 Å². The Morgan fingerprint density at radius 3 is 2.09 bits per heavy atom. The number of amides is 1. The lowest BCUT2D eigenvalue weighted by Gasteiger charge is -2.44. The van der Waals surface area contributed by atoms with E-state index in [0.29, 0.717) is 11.8 Å². The van der Waals surface area contributed by atoms with Crippen molar-refractivity contribution in [2.45, 2.75) is 96.4 Å². The van der Waals surface area contributed by atoms with Gasteiger partial charge in [-0.25, -0.2) is 4.79 Å². The predicted octanol–water partition coefficient (Wildman–Crippen LogP) is 2.95. The summed E-state index contributed by atoms with van der Waals surface area (Å²) in [4.78, 5) is 77.9. The van der Waals surface area contributed by atoms with Gasteiger partial charge in [-0.1, -0.05) is 30.0 Å². The number of aromatic amines is 1. The zero-order chi connectivity index (χ0) is 33.5. The molecule has 1 aromatic carbocycles. The summed E-state index contributed by atoms with van der Waals surface area (Å²) in [5.41, 5.74) is -0.666. The number of esters is 4. The third-order valence-electron chi connectivity index (χ3n) is 6.25. The van der Waals surface area contributed by atoms with Crippen LogP contribution in [-0.2, 0) is 58.8 Å². The average Bonchev–Trinajstić information content (AvgIpc) is 3.31. The molecule has 1 aliphatic heterocycles. The van der Waals surface area contributed by atoms with Gasteiger partial charge in [-0.3, -0.25) is 24.0 Å². The van der Waals surface area contributed by atoms with E-state index in [-0.39, 0.29) is 6.42 Å². The van der Waals surface area contributed by atoms with Crippen LogP contribution < -0.4 is 5.32 Å². The monoisotopic (exact) mass is 650 g/mol. The molecule has 2 heterocycles. The molecule has 6 atom stereocenters. The molecule has 0 unspecified atom stereocenters. The van der Waals surface area contributed by atoms with Crippen LogP contribution in [-0.4, -0.2) is 88.2 Å².